The Morgan fingerprint density at radius 2 is 1.82 bits per heavy atom. The minimum atomic E-state index is -4.55. The van der Waals surface area contributed by atoms with Gasteiger partial charge in [0.15, 0.2) is 0 Å². The Morgan fingerprint density at radius 3 is 2.46 bits per heavy atom. The number of hydrogen-bond acceptors (Lipinski definition) is 5. The summed E-state index contributed by atoms with van der Waals surface area (Å²) in [7, 11) is 1.44. The Balaban J connectivity index is 1.58. The molecule has 3 aromatic rings. The van der Waals surface area contributed by atoms with Crippen molar-refractivity contribution in [3.8, 4) is 17.0 Å². The first-order chi connectivity index (χ1) is 18.7. The molecule has 6 nitrogen and oxygen atoms in total. The third-order valence-electron chi connectivity index (χ3n) is 7.88. The fourth-order valence-electron chi connectivity index (χ4n) is 5.89. The monoisotopic (exact) mass is 561 g/mol. The Morgan fingerprint density at radius 1 is 1.10 bits per heavy atom. The smallest absolute Gasteiger partial charge is 0.416 e. The molecule has 1 aromatic heterocycles. The van der Waals surface area contributed by atoms with Crippen LogP contribution in [0.1, 0.15) is 53.6 Å². The minimum Gasteiger partial charge on any atom is -0.495 e. The molecule has 0 bridgehead atoms. The number of alkyl halides is 3. The predicted octanol–water partition coefficient (Wildman–Crippen LogP) is 6.73. The van der Waals surface area contributed by atoms with Crippen LogP contribution < -0.4 is 4.74 Å². The number of ether oxygens (including phenoxy) is 1. The molecule has 0 radical (unpaired) electrons. The Kier molecular flexibility index (Phi) is 8.03. The van der Waals surface area contributed by atoms with E-state index in [0.717, 1.165) is 51.2 Å². The number of carbonyl (C=O) groups is 1. The van der Waals surface area contributed by atoms with Crippen LogP contribution in [0.3, 0.4) is 0 Å². The number of piperidine rings is 2. The number of halogens is 4. The molecule has 0 saturated carbocycles. The van der Waals surface area contributed by atoms with Crippen LogP contribution in [-0.4, -0.2) is 65.2 Å². The topological polar surface area (TPSA) is 65.9 Å². The number of benzene rings is 2. The number of hydrogen-bond donors (Lipinski definition) is 1. The van der Waals surface area contributed by atoms with Crippen molar-refractivity contribution in [3.63, 3.8) is 0 Å². The van der Waals surface area contributed by atoms with Gasteiger partial charge in [0.25, 0.3) is 0 Å². The maximum Gasteiger partial charge on any atom is 0.416 e. The Labute approximate surface area is 230 Å². The molecule has 2 saturated heterocycles. The van der Waals surface area contributed by atoms with Crippen molar-refractivity contribution in [1.82, 2.24) is 14.8 Å². The molecular weight excluding hydrogens is 531 g/mol. The van der Waals surface area contributed by atoms with Gasteiger partial charge in [0, 0.05) is 29.1 Å². The van der Waals surface area contributed by atoms with Gasteiger partial charge in [0.05, 0.1) is 34.5 Å². The molecule has 3 heterocycles. The van der Waals surface area contributed by atoms with Crippen LogP contribution in [0.4, 0.5) is 13.2 Å². The van der Waals surface area contributed by atoms with E-state index in [2.05, 4.69) is 9.80 Å². The molecular formula is C29H31ClF3N3O3. The molecule has 0 spiro atoms. The number of nitrogens with zero attached hydrogens (tertiary/aromatic N) is 3. The maximum absolute atomic E-state index is 13.6. The summed E-state index contributed by atoms with van der Waals surface area (Å²) < 4.78 is 46.1. The number of methoxy groups -OCH3 is 1. The molecule has 1 N–H and O–H groups in total. The molecule has 2 aliphatic rings. The summed E-state index contributed by atoms with van der Waals surface area (Å²) in [6.07, 6.45) is 1.10. The summed E-state index contributed by atoms with van der Waals surface area (Å²) in [5, 5.41) is 11.0. The van der Waals surface area contributed by atoms with Gasteiger partial charge in [-0.05, 0) is 76.1 Å². The van der Waals surface area contributed by atoms with Gasteiger partial charge in [-0.3, -0.25) is 4.90 Å². The lowest BCUT2D eigenvalue weighted by molar-refractivity contribution is -0.137. The first-order valence-electron chi connectivity index (χ1n) is 13.2. The van der Waals surface area contributed by atoms with E-state index in [4.69, 9.17) is 21.3 Å². The van der Waals surface area contributed by atoms with Crippen LogP contribution in [0.5, 0.6) is 5.75 Å². The van der Waals surface area contributed by atoms with Crippen LogP contribution in [0, 0.1) is 0 Å². The summed E-state index contributed by atoms with van der Waals surface area (Å²) >= 11 is 6.32. The zero-order chi connectivity index (χ0) is 27.7. The lowest BCUT2D eigenvalue weighted by Crippen LogP contribution is -2.46. The molecule has 5 rings (SSSR count). The Hall–Kier alpha value is -2.88. The highest BCUT2D eigenvalue weighted by Crippen LogP contribution is 2.38. The second-order valence-electron chi connectivity index (χ2n) is 10.3. The highest BCUT2D eigenvalue weighted by Gasteiger charge is 2.32. The minimum absolute atomic E-state index is 0.000493. The summed E-state index contributed by atoms with van der Waals surface area (Å²) in [6.45, 7) is 4.03. The third kappa shape index (κ3) is 5.85. The van der Waals surface area contributed by atoms with Crippen molar-refractivity contribution < 1.29 is 27.8 Å². The van der Waals surface area contributed by atoms with E-state index in [1.165, 1.54) is 50.6 Å². The van der Waals surface area contributed by atoms with E-state index in [-0.39, 0.29) is 33.9 Å². The average molecular weight is 562 g/mol. The molecule has 2 fully saturated rings. The fourth-order valence-corrected chi connectivity index (χ4v) is 6.13. The van der Waals surface area contributed by atoms with Gasteiger partial charge in [-0.25, -0.2) is 9.78 Å². The number of aromatic carboxylic acids is 1. The fraction of sp³-hybridized carbons (Fsp3) is 0.448. The highest BCUT2D eigenvalue weighted by molar-refractivity contribution is 6.33. The summed E-state index contributed by atoms with van der Waals surface area (Å²) in [6, 6.07) is 8.41. The van der Waals surface area contributed by atoms with Crippen LogP contribution in [-0.2, 0) is 12.7 Å². The van der Waals surface area contributed by atoms with Gasteiger partial charge in [-0.1, -0.05) is 30.2 Å². The van der Waals surface area contributed by atoms with Crippen molar-refractivity contribution in [3.05, 3.63) is 58.1 Å². The lowest BCUT2D eigenvalue weighted by atomic mass is 9.94. The number of aromatic nitrogens is 1. The second kappa shape index (κ2) is 11.3. The van der Waals surface area contributed by atoms with E-state index in [1.54, 1.807) is 0 Å². The molecule has 0 atom stereocenters. The zero-order valence-electron chi connectivity index (χ0n) is 21.7. The lowest BCUT2D eigenvalue weighted by Gasteiger charge is -2.40. The maximum atomic E-state index is 13.6. The van der Waals surface area contributed by atoms with Crippen LogP contribution in [0.25, 0.3) is 22.2 Å². The number of carboxylic acids is 1. The van der Waals surface area contributed by atoms with E-state index in [1.807, 2.05) is 0 Å². The molecule has 2 aromatic carbocycles. The SMILES string of the molecule is COc1cc2c(C(=O)O)c(CN3CCC(N4CCCCC4)CC3)c(-c3cccc(C(F)(F)F)c3)nc2cc1Cl. The quantitative estimate of drug-likeness (QED) is 0.360. The van der Waals surface area contributed by atoms with Crippen molar-refractivity contribution in [2.24, 2.45) is 0 Å². The van der Waals surface area contributed by atoms with E-state index < -0.39 is 17.7 Å². The normalized spacial score (nSPS) is 18.0. The van der Waals surface area contributed by atoms with Crippen molar-refractivity contribution in [1.29, 1.82) is 0 Å². The first-order valence-corrected chi connectivity index (χ1v) is 13.6. The first kappa shape index (κ1) is 27.7. The summed E-state index contributed by atoms with van der Waals surface area (Å²) in [5.41, 5.74) is 0.262. The number of pyridine rings is 1. The van der Waals surface area contributed by atoms with Gasteiger partial charge >= 0.3 is 12.1 Å². The number of rotatable bonds is 6. The van der Waals surface area contributed by atoms with Crippen LogP contribution in [0.15, 0.2) is 36.4 Å². The highest BCUT2D eigenvalue weighted by atomic mass is 35.5. The van der Waals surface area contributed by atoms with Gasteiger partial charge in [0.1, 0.15) is 5.75 Å². The number of carboxylic acid groups (broad SMARTS) is 1. The van der Waals surface area contributed by atoms with E-state index >= 15 is 0 Å². The van der Waals surface area contributed by atoms with Gasteiger partial charge in [-0.15, -0.1) is 0 Å². The number of fused-ring (bicyclic) bond motifs is 1. The molecule has 39 heavy (non-hydrogen) atoms. The zero-order valence-corrected chi connectivity index (χ0v) is 22.5. The third-order valence-corrected chi connectivity index (χ3v) is 8.18. The second-order valence-corrected chi connectivity index (χ2v) is 10.7. The van der Waals surface area contributed by atoms with Gasteiger partial charge in [0.2, 0.25) is 0 Å². The largest absolute Gasteiger partial charge is 0.495 e. The predicted molar refractivity (Wildman–Crippen MR) is 144 cm³/mol. The average Bonchev–Trinajstić information content (AvgIpc) is 2.92. The van der Waals surface area contributed by atoms with Crippen molar-refractivity contribution in [2.75, 3.05) is 33.3 Å². The van der Waals surface area contributed by atoms with Crippen LogP contribution in [0.2, 0.25) is 5.02 Å². The molecule has 0 unspecified atom stereocenters. The molecule has 0 amide bonds. The van der Waals surface area contributed by atoms with Gasteiger partial charge < -0.3 is 14.7 Å². The van der Waals surface area contributed by atoms with Crippen molar-refractivity contribution in [2.45, 2.75) is 50.9 Å². The number of likely N-dealkylation sites (tertiary alicyclic amines) is 2. The molecule has 0 aliphatic carbocycles. The van der Waals surface area contributed by atoms with Crippen molar-refractivity contribution >= 4 is 28.5 Å². The van der Waals surface area contributed by atoms with Crippen LogP contribution >= 0.6 is 11.6 Å². The van der Waals surface area contributed by atoms with E-state index in [9.17, 15) is 23.1 Å². The van der Waals surface area contributed by atoms with E-state index in [0.29, 0.717) is 22.7 Å². The standard InChI is InChI=1S/C29H31ClF3N3O3/c1-39-25-15-21-24(16-23(25)30)34-27(18-6-5-7-19(14-18)29(31,32)33)22(26(21)28(37)38)17-35-12-8-20(9-13-35)36-10-3-2-4-11-36/h5-7,14-16,20H,2-4,8-13,17H2,1H3,(H,37,38). The molecule has 2 aliphatic heterocycles. The molecule has 208 valence electrons. The molecule has 10 heteroatoms. The van der Waals surface area contributed by atoms with Gasteiger partial charge in [-0.2, -0.15) is 13.2 Å². The Bertz CT molecular complexity index is 1370. The summed E-state index contributed by atoms with van der Waals surface area (Å²) in [4.78, 5) is 22.2. The summed E-state index contributed by atoms with van der Waals surface area (Å²) in [5.74, 6) is -0.883.